The van der Waals surface area contributed by atoms with Gasteiger partial charge >= 0.3 is 0 Å². The highest BCUT2D eigenvalue weighted by Crippen LogP contribution is 2.46. The maximum absolute atomic E-state index is 9.37. The van der Waals surface area contributed by atoms with E-state index in [1.54, 1.807) is 18.2 Å². The first-order valence-corrected chi connectivity index (χ1v) is 12.9. The van der Waals surface area contributed by atoms with Crippen molar-refractivity contribution in [2.24, 2.45) is 5.41 Å². The zero-order valence-electron chi connectivity index (χ0n) is 20.7. The van der Waals surface area contributed by atoms with Crippen molar-refractivity contribution >= 4 is 19.4 Å². The number of phenols is 2. The Bertz CT molecular complexity index is 828. The Balaban J connectivity index is 0.000000471. The first kappa shape index (κ1) is 28.9. The van der Waals surface area contributed by atoms with Gasteiger partial charge in [-0.25, -0.2) is 0 Å². The number of benzene rings is 3. The Kier molecular flexibility index (Phi) is 14.7. The molecule has 3 heteroatoms. The number of unbranched alkanes of at least 4 members (excludes halogenated alkanes) is 1. The lowest BCUT2D eigenvalue weighted by atomic mass is 9.87. The predicted molar refractivity (Wildman–Crippen MR) is 142 cm³/mol. The predicted octanol–water partition coefficient (Wildman–Crippen LogP) is 9.17. The summed E-state index contributed by atoms with van der Waals surface area (Å²) in [4.78, 5) is 0. The molecule has 172 valence electrons. The summed E-state index contributed by atoms with van der Waals surface area (Å²) in [5, 5.41) is 20.6. The molecule has 0 saturated carbocycles. The molecule has 0 aliphatic heterocycles. The highest BCUT2D eigenvalue weighted by molar-refractivity contribution is 7.37. The lowest BCUT2D eigenvalue weighted by Gasteiger charge is -2.30. The standard InChI is InChI=1S/C12H19OP.C10H8O.C4H10.C2H6/c1-12(2,3)11(14-4)9-5-7-10(13)8-6-9;11-10-7-3-5-8-4-1-2-6-9(8)10;1-3-4-2;1-2/h5-8,11,13-14H,1-4H3;1-7,11H;3-4H2,1-2H3;1-2H3. The van der Waals surface area contributed by atoms with Gasteiger partial charge in [0.05, 0.1) is 0 Å². The monoisotopic (exact) mass is 442 g/mol. The molecule has 0 aromatic heterocycles. The summed E-state index contributed by atoms with van der Waals surface area (Å²) >= 11 is 0. The quantitative estimate of drug-likeness (QED) is 0.397. The van der Waals surface area contributed by atoms with Crippen LogP contribution < -0.4 is 0 Å². The van der Waals surface area contributed by atoms with E-state index in [1.165, 1.54) is 18.4 Å². The van der Waals surface area contributed by atoms with Crippen LogP contribution in [-0.2, 0) is 0 Å². The van der Waals surface area contributed by atoms with Gasteiger partial charge in [-0.05, 0) is 41.2 Å². The number of fused-ring (bicyclic) bond motifs is 1. The van der Waals surface area contributed by atoms with Crippen molar-refractivity contribution in [3.05, 3.63) is 72.3 Å². The van der Waals surface area contributed by atoms with Crippen LogP contribution in [0.2, 0.25) is 0 Å². The normalized spacial score (nSPS) is 11.5. The van der Waals surface area contributed by atoms with Crippen LogP contribution in [0.25, 0.3) is 10.8 Å². The highest BCUT2D eigenvalue weighted by Gasteiger charge is 2.24. The fourth-order valence-corrected chi connectivity index (χ4v) is 4.37. The number of rotatable bonds is 3. The van der Waals surface area contributed by atoms with Crippen LogP contribution in [0.5, 0.6) is 11.5 Å². The van der Waals surface area contributed by atoms with Crippen molar-refractivity contribution in [1.82, 2.24) is 0 Å². The summed E-state index contributed by atoms with van der Waals surface area (Å²) in [6, 6.07) is 20.9. The average molecular weight is 443 g/mol. The van der Waals surface area contributed by atoms with Crippen LogP contribution in [0.3, 0.4) is 0 Å². The largest absolute Gasteiger partial charge is 0.508 e. The lowest BCUT2D eigenvalue weighted by molar-refractivity contribution is 0.398. The fraction of sp³-hybridized carbons (Fsp3) is 0.429. The first-order valence-electron chi connectivity index (χ1n) is 11.4. The molecule has 0 heterocycles. The minimum Gasteiger partial charge on any atom is -0.508 e. The van der Waals surface area contributed by atoms with Gasteiger partial charge in [-0.15, -0.1) is 8.58 Å². The van der Waals surface area contributed by atoms with Gasteiger partial charge in [-0.2, -0.15) is 0 Å². The molecule has 3 rings (SSSR count). The Morgan fingerprint density at radius 1 is 0.774 bits per heavy atom. The molecular formula is C28H43O2P. The maximum Gasteiger partial charge on any atom is 0.123 e. The van der Waals surface area contributed by atoms with E-state index in [1.807, 2.05) is 62.4 Å². The fourth-order valence-electron chi connectivity index (χ4n) is 2.97. The van der Waals surface area contributed by atoms with Crippen molar-refractivity contribution in [3.63, 3.8) is 0 Å². The van der Waals surface area contributed by atoms with E-state index < -0.39 is 0 Å². The van der Waals surface area contributed by atoms with Crippen molar-refractivity contribution in [2.45, 2.75) is 67.0 Å². The molecule has 2 unspecified atom stereocenters. The molecule has 0 fully saturated rings. The smallest absolute Gasteiger partial charge is 0.123 e. The zero-order valence-corrected chi connectivity index (χ0v) is 21.7. The van der Waals surface area contributed by atoms with Crippen LogP contribution >= 0.6 is 8.58 Å². The van der Waals surface area contributed by atoms with E-state index in [2.05, 4.69) is 41.3 Å². The molecule has 0 bridgehead atoms. The first-order chi connectivity index (χ1) is 14.7. The zero-order chi connectivity index (χ0) is 23.9. The van der Waals surface area contributed by atoms with Gasteiger partial charge < -0.3 is 10.2 Å². The van der Waals surface area contributed by atoms with Gasteiger partial charge in [-0.3, -0.25) is 0 Å². The molecule has 0 aliphatic carbocycles. The topological polar surface area (TPSA) is 40.5 Å². The molecule has 31 heavy (non-hydrogen) atoms. The Morgan fingerprint density at radius 3 is 1.74 bits per heavy atom. The summed E-state index contributed by atoms with van der Waals surface area (Å²) in [5.41, 5.74) is 2.21. The molecule has 2 atom stereocenters. The van der Waals surface area contributed by atoms with Crippen LogP contribution in [0, 0.1) is 5.41 Å². The van der Waals surface area contributed by atoms with E-state index in [9.17, 15) is 10.2 Å². The average Bonchev–Trinajstić information content (AvgIpc) is 2.77. The van der Waals surface area contributed by atoms with E-state index in [-0.39, 0.29) is 0 Å². The van der Waals surface area contributed by atoms with Crippen molar-refractivity contribution in [2.75, 3.05) is 6.66 Å². The molecule has 0 spiro atoms. The van der Waals surface area contributed by atoms with Gasteiger partial charge in [0.2, 0.25) is 0 Å². The number of hydrogen-bond donors (Lipinski definition) is 2. The van der Waals surface area contributed by atoms with E-state index in [0.717, 1.165) is 19.4 Å². The Hall–Kier alpha value is -2.05. The molecule has 2 N–H and O–H groups in total. The van der Waals surface area contributed by atoms with Crippen LogP contribution in [0.1, 0.15) is 72.5 Å². The summed E-state index contributed by atoms with van der Waals surface area (Å²) < 4.78 is 0. The van der Waals surface area contributed by atoms with E-state index >= 15 is 0 Å². The number of hydrogen-bond acceptors (Lipinski definition) is 2. The van der Waals surface area contributed by atoms with Crippen molar-refractivity contribution in [1.29, 1.82) is 0 Å². The SMILES string of the molecule is CC.CCCC.CPC(c1ccc(O)cc1)C(C)(C)C.Oc1cccc2ccccc12. The van der Waals surface area contributed by atoms with Crippen molar-refractivity contribution in [3.8, 4) is 11.5 Å². The second kappa shape index (κ2) is 15.7. The third-order valence-electron chi connectivity index (χ3n) is 4.65. The summed E-state index contributed by atoms with van der Waals surface area (Å²) in [6.07, 6.45) is 2.64. The molecule has 3 aromatic carbocycles. The summed E-state index contributed by atoms with van der Waals surface area (Å²) in [5.74, 6) is 0.698. The third-order valence-corrected chi connectivity index (χ3v) is 6.42. The number of aromatic hydroxyl groups is 2. The van der Waals surface area contributed by atoms with Gasteiger partial charge in [0.1, 0.15) is 11.5 Å². The third kappa shape index (κ3) is 10.7. The van der Waals surface area contributed by atoms with E-state index in [0.29, 0.717) is 22.6 Å². The molecule has 0 amide bonds. The second-order valence-corrected chi connectivity index (χ2v) is 9.33. The van der Waals surface area contributed by atoms with Crippen LogP contribution in [-0.4, -0.2) is 16.9 Å². The molecule has 3 aromatic rings. The summed E-state index contributed by atoms with van der Waals surface area (Å²) in [6.45, 7) is 17.4. The number of phenolic OH excluding ortho intramolecular Hbond substituents is 2. The highest BCUT2D eigenvalue weighted by atomic mass is 31.1. The van der Waals surface area contributed by atoms with Gasteiger partial charge in [0.25, 0.3) is 0 Å². The van der Waals surface area contributed by atoms with Gasteiger partial charge in [0.15, 0.2) is 0 Å². The minimum atomic E-state index is 0.296. The van der Waals surface area contributed by atoms with E-state index in [4.69, 9.17) is 0 Å². The van der Waals surface area contributed by atoms with Gasteiger partial charge in [-0.1, -0.05) is 110 Å². The Labute approximate surface area is 192 Å². The van der Waals surface area contributed by atoms with Crippen LogP contribution in [0.15, 0.2) is 66.7 Å². The van der Waals surface area contributed by atoms with Crippen molar-refractivity contribution < 1.29 is 10.2 Å². The molecule has 0 radical (unpaired) electrons. The van der Waals surface area contributed by atoms with Gasteiger partial charge in [0, 0.05) is 11.0 Å². The lowest BCUT2D eigenvalue weighted by Crippen LogP contribution is -2.14. The molecule has 0 aliphatic rings. The second-order valence-electron chi connectivity index (χ2n) is 8.18. The molecule has 0 saturated heterocycles. The molecule has 2 nitrogen and oxygen atoms in total. The summed E-state index contributed by atoms with van der Waals surface area (Å²) in [7, 11) is 0.893. The molecular weight excluding hydrogens is 399 g/mol. The minimum absolute atomic E-state index is 0.296. The maximum atomic E-state index is 9.37. The van der Waals surface area contributed by atoms with Crippen LogP contribution in [0.4, 0.5) is 0 Å². The Morgan fingerprint density at radius 2 is 1.29 bits per heavy atom.